The number of aromatic hydroxyl groups is 1. The van der Waals surface area contributed by atoms with E-state index in [-0.39, 0.29) is 17.0 Å². The molecule has 29 heavy (non-hydrogen) atoms. The van der Waals surface area contributed by atoms with E-state index in [4.69, 9.17) is 16.3 Å². The molecule has 3 rings (SSSR count). The van der Waals surface area contributed by atoms with E-state index < -0.39 is 11.7 Å². The molecule has 1 aliphatic heterocycles. The molecule has 0 spiro atoms. The standard InChI is InChI=1S/C21H29ClN4O3/c1-13-5-6-15(9-16(13)22)18-23-11-17(27)19(25-18)26-8-7-14(12-26)10-24-20(28)29-21(2,3)4/h5-6,11,14,16,27H,7-10,12H2,1-4H3,(H,24,28). The van der Waals surface area contributed by atoms with Crippen LogP contribution in [-0.4, -0.2) is 51.8 Å². The van der Waals surface area contributed by atoms with Gasteiger partial charge in [-0.25, -0.2) is 14.8 Å². The molecular formula is C21H29ClN4O3. The molecule has 2 atom stereocenters. The van der Waals surface area contributed by atoms with E-state index in [1.54, 1.807) is 0 Å². The van der Waals surface area contributed by atoms with Gasteiger partial charge in [-0.1, -0.05) is 17.7 Å². The summed E-state index contributed by atoms with van der Waals surface area (Å²) in [6.45, 7) is 9.48. The number of nitrogens with one attached hydrogen (secondary N) is 1. The van der Waals surface area contributed by atoms with Gasteiger partial charge in [-0.15, -0.1) is 11.6 Å². The van der Waals surface area contributed by atoms with Crippen molar-refractivity contribution < 1.29 is 14.6 Å². The molecule has 1 amide bonds. The lowest BCUT2D eigenvalue weighted by atomic mass is 9.98. The first-order valence-corrected chi connectivity index (χ1v) is 10.4. The number of ether oxygens (including phenoxy) is 1. The van der Waals surface area contributed by atoms with Crippen LogP contribution in [0.3, 0.4) is 0 Å². The molecule has 1 aromatic rings. The lowest BCUT2D eigenvalue weighted by Gasteiger charge is -2.22. The fourth-order valence-corrected chi connectivity index (χ4v) is 3.65. The van der Waals surface area contributed by atoms with Gasteiger partial charge in [-0.05, 0) is 52.0 Å². The molecule has 2 heterocycles. The Kier molecular flexibility index (Phi) is 6.36. The number of anilines is 1. The third-order valence-electron chi connectivity index (χ3n) is 5.00. The first kappa shape index (κ1) is 21.4. The predicted octanol–water partition coefficient (Wildman–Crippen LogP) is 3.87. The largest absolute Gasteiger partial charge is 0.503 e. The van der Waals surface area contributed by atoms with Crippen molar-refractivity contribution in [2.75, 3.05) is 24.5 Å². The smallest absolute Gasteiger partial charge is 0.407 e. The van der Waals surface area contributed by atoms with Crippen LogP contribution in [0, 0.1) is 5.92 Å². The zero-order valence-corrected chi connectivity index (χ0v) is 18.2. The second-order valence-electron chi connectivity index (χ2n) is 8.66. The number of alkyl carbamates (subject to hydrolysis) is 1. The summed E-state index contributed by atoms with van der Waals surface area (Å²) in [5.74, 6) is 1.42. The molecule has 2 N–H and O–H groups in total. The van der Waals surface area contributed by atoms with Crippen LogP contribution in [0.4, 0.5) is 10.6 Å². The quantitative estimate of drug-likeness (QED) is 0.719. The summed E-state index contributed by atoms with van der Waals surface area (Å²) in [6, 6.07) is 0. The monoisotopic (exact) mass is 420 g/mol. The van der Waals surface area contributed by atoms with Crippen molar-refractivity contribution in [1.29, 1.82) is 0 Å². The SMILES string of the molecule is CC1=CC=C(c2ncc(O)c(N3CCC(CNC(=O)OC(C)(C)C)C3)n2)CC1Cl. The summed E-state index contributed by atoms with van der Waals surface area (Å²) in [4.78, 5) is 22.8. The van der Waals surface area contributed by atoms with Crippen molar-refractivity contribution in [2.24, 2.45) is 5.92 Å². The van der Waals surface area contributed by atoms with Crippen molar-refractivity contribution in [3.63, 3.8) is 0 Å². The molecular weight excluding hydrogens is 392 g/mol. The normalized spacial score (nSPS) is 22.2. The topological polar surface area (TPSA) is 87.6 Å². The van der Waals surface area contributed by atoms with E-state index in [0.29, 0.717) is 31.2 Å². The Hall–Kier alpha value is -2.28. The summed E-state index contributed by atoms with van der Waals surface area (Å²) in [7, 11) is 0. The maximum Gasteiger partial charge on any atom is 0.407 e. The van der Waals surface area contributed by atoms with Gasteiger partial charge in [-0.2, -0.15) is 0 Å². The Morgan fingerprint density at radius 2 is 2.17 bits per heavy atom. The molecule has 0 radical (unpaired) electrons. The zero-order valence-electron chi connectivity index (χ0n) is 17.4. The Balaban J connectivity index is 1.64. The first-order valence-electron chi connectivity index (χ1n) is 9.92. The third-order valence-corrected chi connectivity index (χ3v) is 5.50. The van der Waals surface area contributed by atoms with Gasteiger partial charge in [0.05, 0.1) is 11.6 Å². The molecule has 2 unspecified atom stereocenters. The minimum Gasteiger partial charge on any atom is -0.503 e. The molecule has 158 valence electrons. The van der Waals surface area contributed by atoms with Crippen molar-refractivity contribution in [1.82, 2.24) is 15.3 Å². The highest BCUT2D eigenvalue weighted by atomic mass is 35.5. The van der Waals surface area contributed by atoms with Gasteiger partial charge in [-0.3, -0.25) is 0 Å². The van der Waals surface area contributed by atoms with E-state index in [1.807, 2.05) is 44.7 Å². The van der Waals surface area contributed by atoms with Crippen LogP contribution in [0.2, 0.25) is 0 Å². The number of carbonyl (C=O) groups is 1. The number of nitrogens with zero attached hydrogens (tertiary/aromatic N) is 3. The molecule has 1 aromatic heterocycles. The van der Waals surface area contributed by atoms with Gasteiger partial charge in [0.15, 0.2) is 17.4 Å². The van der Waals surface area contributed by atoms with Crippen molar-refractivity contribution in [3.05, 3.63) is 29.7 Å². The molecule has 0 bridgehead atoms. The van der Waals surface area contributed by atoms with Crippen LogP contribution in [0.5, 0.6) is 5.75 Å². The Morgan fingerprint density at radius 3 is 2.86 bits per heavy atom. The zero-order chi connectivity index (χ0) is 21.2. The Labute approximate surface area is 176 Å². The molecule has 2 aliphatic rings. The number of aromatic nitrogens is 2. The highest BCUT2D eigenvalue weighted by Gasteiger charge is 2.27. The van der Waals surface area contributed by atoms with E-state index in [9.17, 15) is 9.90 Å². The van der Waals surface area contributed by atoms with E-state index in [1.165, 1.54) is 6.20 Å². The summed E-state index contributed by atoms with van der Waals surface area (Å²) in [6.07, 6.45) is 6.56. The van der Waals surface area contributed by atoms with Crippen LogP contribution in [0.25, 0.3) is 5.57 Å². The van der Waals surface area contributed by atoms with Crippen LogP contribution in [0.1, 0.15) is 46.4 Å². The molecule has 7 nitrogen and oxygen atoms in total. The van der Waals surface area contributed by atoms with Gasteiger partial charge in [0.25, 0.3) is 0 Å². The van der Waals surface area contributed by atoms with Crippen LogP contribution in [-0.2, 0) is 4.74 Å². The number of rotatable bonds is 4. The van der Waals surface area contributed by atoms with Crippen molar-refractivity contribution >= 4 is 29.1 Å². The van der Waals surface area contributed by atoms with Gasteiger partial charge in [0, 0.05) is 19.6 Å². The number of allylic oxidation sites excluding steroid dienone is 4. The van der Waals surface area contributed by atoms with Gasteiger partial charge >= 0.3 is 6.09 Å². The summed E-state index contributed by atoms with van der Waals surface area (Å²) in [5, 5.41) is 13.1. The summed E-state index contributed by atoms with van der Waals surface area (Å²) in [5.41, 5.74) is 1.56. The van der Waals surface area contributed by atoms with E-state index >= 15 is 0 Å². The molecule has 0 aromatic carbocycles. The maximum atomic E-state index is 11.9. The van der Waals surface area contributed by atoms with Crippen LogP contribution >= 0.6 is 11.6 Å². The number of hydrogen-bond donors (Lipinski definition) is 2. The fourth-order valence-electron chi connectivity index (χ4n) is 3.41. The molecule has 1 aliphatic carbocycles. The van der Waals surface area contributed by atoms with Crippen LogP contribution < -0.4 is 10.2 Å². The second kappa shape index (κ2) is 8.61. The van der Waals surface area contributed by atoms with Crippen molar-refractivity contribution in [3.8, 4) is 5.75 Å². The van der Waals surface area contributed by atoms with E-state index in [0.717, 1.165) is 24.1 Å². The number of alkyl halides is 1. The van der Waals surface area contributed by atoms with E-state index in [2.05, 4.69) is 15.3 Å². The van der Waals surface area contributed by atoms with Gasteiger partial charge in [0.1, 0.15) is 5.60 Å². The van der Waals surface area contributed by atoms with Crippen molar-refractivity contribution in [2.45, 2.75) is 51.5 Å². The third kappa shape index (κ3) is 5.63. The maximum absolute atomic E-state index is 11.9. The average Bonchev–Trinajstić information content (AvgIpc) is 3.10. The first-order chi connectivity index (χ1) is 13.6. The number of halogens is 1. The molecule has 0 saturated carbocycles. The molecule has 1 saturated heterocycles. The highest BCUT2D eigenvalue weighted by Crippen LogP contribution is 2.33. The number of carbonyl (C=O) groups excluding carboxylic acids is 1. The summed E-state index contributed by atoms with van der Waals surface area (Å²) < 4.78 is 5.28. The Morgan fingerprint density at radius 1 is 1.41 bits per heavy atom. The number of amides is 1. The molecule has 8 heteroatoms. The van der Waals surface area contributed by atoms with Crippen LogP contribution in [0.15, 0.2) is 23.9 Å². The lowest BCUT2D eigenvalue weighted by Crippen LogP contribution is -2.36. The minimum absolute atomic E-state index is 0.0556. The number of hydrogen-bond acceptors (Lipinski definition) is 6. The summed E-state index contributed by atoms with van der Waals surface area (Å²) >= 11 is 6.36. The Bertz CT molecular complexity index is 832. The molecule has 1 fully saturated rings. The second-order valence-corrected chi connectivity index (χ2v) is 9.19. The fraction of sp³-hybridized carbons (Fsp3) is 0.571. The highest BCUT2D eigenvalue weighted by molar-refractivity contribution is 6.23. The average molecular weight is 421 g/mol. The van der Waals surface area contributed by atoms with Gasteiger partial charge < -0.3 is 20.1 Å². The minimum atomic E-state index is -0.515. The lowest BCUT2D eigenvalue weighted by molar-refractivity contribution is 0.0520. The predicted molar refractivity (Wildman–Crippen MR) is 114 cm³/mol. The van der Waals surface area contributed by atoms with Gasteiger partial charge in [0.2, 0.25) is 0 Å².